The van der Waals surface area contributed by atoms with Crippen LogP contribution in [-0.4, -0.2) is 42.6 Å². The number of H-pyrrole nitrogens is 1. The predicted molar refractivity (Wildman–Crippen MR) is 130 cm³/mol. The van der Waals surface area contributed by atoms with Crippen molar-refractivity contribution in [3.05, 3.63) is 70.8 Å². The molecule has 0 unspecified atom stereocenters. The highest BCUT2D eigenvalue weighted by Gasteiger charge is 2.24. The molecule has 4 aromatic rings. The summed E-state index contributed by atoms with van der Waals surface area (Å²) in [7, 11) is 1.93. The number of aromatic nitrogens is 6. The number of carbonyl (C=O) groups excluding carboxylic acids is 1. The normalized spacial score (nSPS) is 12.0. The molecule has 1 N–H and O–H groups in total. The van der Waals surface area contributed by atoms with Crippen LogP contribution < -0.4 is 0 Å². The molecule has 0 fully saturated rings. The fourth-order valence-electron chi connectivity index (χ4n) is 4.37. The lowest BCUT2D eigenvalue weighted by atomic mass is 9.94. The van der Waals surface area contributed by atoms with Crippen LogP contribution in [0.15, 0.2) is 42.6 Å². The Morgan fingerprint density at radius 2 is 2.09 bits per heavy atom. The molecule has 0 aliphatic rings. The molecule has 9 heteroatoms. The number of aryl methyl sites for hydroxylation is 1. The molecule has 35 heavy (non-hydrogen) atoms. The number of hydrogen-bond donors (Lipinski definition) is 1. The maximum atomic E-state index is 13.5. The Labute approximate surface area is 204 Å². The SMILES string of the molecule is C[C@@H](CC(=O)c1c(CCCCOCc2ccccc2)n(C)c2ncc(C#N)cc12)Cc1nnn[nH]1. The third kappa shape index (κ3) is 5.97. The highest BCUT2D eigenvalue weighted by Crippen LogP contribution is 2.29. The number of aromatic amines is 1. The topological polar surface area (TPSA) is 122 Å². The molecule has 0 bridgehead atoms. The molecule has 0 radical (unpaired) electrons. The first-order chi connectivity index (χ1) is 17.1. The average molecular weight is 472 g/mol. The van der Waals surface area contributed by atoms with Crippen molar-refractivity contribution in [2.24, 2.45) is 13.0 Å². The minimum atomic E-state index is 0.0443. The molecule has 180 valence electrons. The van der Waals surface area contributed by atoms with Gasteiger partial charge in [-0.3, -0.25) is 4.79 Å². The van der Waals surface area contributed by atoms with Gasteiger partial charge in [-0.15, -0.1) is 5.10 Å². The van der Waals surface area contributed by atoms with E-state index in [1.165, 1.54) is 0 Å². The lowest BCUT2D eigenvalue weighted by Gasteiger charge is -2.11. The van der Waals surface area contributed by atoms with Gasteiger partial charge in [-0.25, -0.2) is 10.1 Å². The van der Waals surface area contributed by atoms with E-state index in [2.05, 4.69) is 43.8 Å². The van der Waals surface area contributed by atoms with Gasteiger partial charge in [0.05, 0.1) is 12.2 Å². The number of carbonyl (C=O) groups is 1. The number of nitrogens with one attached hydrogen (secondary N) is 1. The smallest absolute Gasteiger partial charge is 0.165 e. The highest BCUT2D eigenvalue weighted by atomic mass is 16.5. The molecule has 4 rings (SSSR count). The summed E-state index contributed by atoms with van der Waals surface area (Å²) >= 11 is 0. The molecule has 0 aliphatic carbocycles. The molecule has 1 atom stereocenters. The monoisotopic (exact) mass is 471 g/mol. The van der Waals surface area contributed by atoms with E-state index < -0.39 is 0 Å². The van der Waals surface area contributed by atoms with Gasteiger partial charge in [-0.1, -0.05) is 37.3 Å². The van der Waals surface area contributed by atoms with Crippen molar-refractivity contribution < 1.29 is 9.53 Å². The van der Waals surface area contributed by atoms with Crippen LogP contribution in [0.3, 0.4) is 0 Å². The largest absolute Gasteiger partial charge is 0.377 e. The number of ether oxygens (including phenoxy) is 1. The zero-order valence-corrected chi connectivity index (χ0v) is 20.1. The van der Waals surface area contributed by atoms with Crippen molar-refractivity contribution in [1.82, 2.24) is 30.2 Å². The summed E-state index contributed by atoms with van der Waals surface area (Å²) in [5, 5.41) is 24.0. The lowest BCUT2D eigenvalue weighted by Crippen LogP contribution is -2.12. The van der Waals surface area contributed by atoms with E-state index in [0.29, 0.717) is 43.0 Å². The average Bonchev–Trinajstić information content (AvgIpc) is 3.47. The second kappa shape index (κ2) is 11.5. The predicted octanol–water partition coefficient (Wildman–Crippen LogP) is 3.95. The molecule has 9 nitrogen and oxygen atoms in total. The molecular formula is C26H29N7O2. The van der Waals surface area contributed by atoms with E-state index in [4.69, 9.17) is 4.74 Å². The molecule has 1 aromatic carbocycles. The molecule has 0 spiro atoms. The van der Waals surface area contributed by atoms with Crippen molar-refractivity contribution in [2.75, 3.05) is 6.61 Å². The van der Waals surface area contributed by atoms with Gasteiger partial charge in [0, 0.05) is 49.3 Å². The van der Waals surface area contributed by atoms with E-state index in [0.717, 1.165) is 41.6 Å². The second-order valence-electron chi connectivity index (χ2n) is 8.87. The van der Waals surface area contributed by atoms with Gasteiger partial charge in [0.2, 0.25) is 0 Å². The van der Waals surface area contributed by atoms with Crippen LogP contribution in [0.2, 0.25) is 0 Å². The maximum absolute atomic E-state index is 13.5. The van der Waals surface area contributed by atoms with E-state index in [1.807, 2.05) is 36.7 Å². The van der Waals surface area contributed by atoms with Crippen molar-refractivity contribution in [3.63, 3.8) is 0 Å². The number of Topliss-reactive ketones (excluding diaryl/α,β-unsaturated/α-hetero) is 1. The standard InChI is InChI=1S/C26H29N7O2/c1-18(13-24-29-31-32-30-24)12-23(34)25-21-14-20(15-27)16-28-26(21)33(2)22(25)10-6-7-11-35-17-19-8-4-3-5-9-19/h3-5,8-9,14,16,18H,6-7,10-13,17H2,1-2H3,(H,29,30,31,32)/t18-/m0/s1. The number of ketones is 1. The molecular weight excluding hydrogens is 442 g/mol. The summed E-state index contributed by atoms with van der Waals surface area (Å²) in [5.74, 6) is 0.758. The number of hydrogen-bond acceptors (Lipinski definition) is 7. The van der Waals surface area contributed by atoms with Gasteiger partial charge in [-0.05, 0) is 47.2 Å². The van der Waals surface area contributed by atoms with Crippen LogP contribution in [0.5, 0.6) is 0 Å². The van der Waals surface area contributed by atoms with E-state index in [1.54, 1.807) is 12.3 Å². The maximum Gasteiger partial charge on any atom is 0.165 e. The van der Waals surface area contributed by atoms with E-state index in [-0.39, 0.29) is 11.7 Å². The fourth-order valence-corrected chi connectivity index (χ4v) is 4.37. The van der Waals surface area contributed by atoms with Crippen molar-refractivity contribution >= 4 is 16.8 Å². The van der Waals surface area contributed by atoms with Crippen LogP contribution in [0.25, 0.3) is 11.0 Å². The number of fused-ring (bicyclic) bond motifs is 1. The van der Waals surface area contributed by atoms with Crippen LogP contribution >= 0.6 is 0 Å². The van der Waals surface area contributed by atoms with Crippen molar-refractivity contribution in [3.8, 4) is 6.07 Å². The number of benzene rings is 1. The van der Waals surface area contributed by atoms with Crippen LogP contribution in [-0.2, 0) is 31.2 Å². The summed E-state index contributed by atoms with van der Waals surface area (Å²) in [5.41, 5.74) is 3.93. The van der Waals surface area contributed by atoms with Gasteiger partial charge in [0.15, 0.2) is 5.78 Å². The first-order valence-corrected chi connectivity index (χ1v) is 11.8. The van der Waals surface area contributed by atoms with E-state index >= 15 is 0 Å². The summed E-state index contributed by atoms with van der Waals surface area (Å²) in [6.07, 6.45) is 4.97. The lowest BCUT2D eigenvalue weighted by molar-refractivity contribution is 0.0964. The molecule has 3 aromatic heterocycles. The number of pyridine rings is 1. The first-order valence-electron chi connectivity index (χ1n) is 11.8. The third-order valence-electron chi connectivity index (χ3n) is 6.08. The Balaban J connectivity index is 1.46. The number of unbranched alkanes of at least 4 members (excludes halogenated alkanes) is 1. The zero-order valence-electron chi connectivity index (χ0n) is 20.1. The molecule has 0 aliphatic heterocycles. The Morgan fingerprint density at radius 3 is 2.83 bits per heavy atom. The second-order valence-corrected chi connectivity index (χ2v) is 8.87. The van der Waals surface area contributed by atoms with Gasteiger partial charge >= 0.3 is 0 Å². The fraction of sp³-hybridized carbons (Fsp3) is 0.385. The zero-order chi connectivity index (χ0) is 24.6. The third-order valence-corrected chi connectivity index (χ3v) is 6.08. The minimum Gasteiger partial charge on any atom is -0.377 e. The van der Waals surface area contributed by atoms with Gasteiger partial charge in [-0.2, -0.15) is 5.26 Å². The number of rotatable bonds is 12. The van der Waals surface area contributed by atoms with Gasteiger partial charge in [0.1, 0.15) is 17.5 Å². The molecule has 0 saturated heterocycles. The summed E-state index contributed by atoms with van der Waals surface area (Å²) in [6.45, 7) is 3.26. The van der Waals surface area contributed by atoms with Crippen LogP contribution in [0, 0.1) is 17.2 Å². The quantitative estimate of drug-likeness (QED) is 0.245. The van der Waals surface area contributed by atoms with Crippen molar-refractivity contribution in [2.45, 2.75) is 45.6 Å². The highest BCUT2D eigenvalue weighted by molar-refractivity contribution is 6.09. The number of nitriles is 1. The van der Waals surface area contributed by atoms with Crippen LogP contribution in [0.4, 0.5) is 0 Å². The van der Waals surface area contributed by atoms with Crippen molar-refractivity contribution in [1.29, 1.82) is 5.26 Å². The minimum absolute atomic E-state index is 0.0443. The number of nitrogens with zero attached hydrogens (tertiary/aromatic N) is 6. The summed E-state index contributed by atoms with van der Waals surface area (Å²) in [6, 6.07) is 14.0. The van der Waals surface area contributed by atoms with E-state index in [9.17, 15) is 10.1 Å². The van der Waals surface area contributed by atoms with Gasteiger partial charge < -0.3 is 9.30 Å². The molecule has 0 amide bonds. The Morgan fingerprint density at radius 1 is 1.26 bits per heavy atom. The van der Waals surface area contributed by atoms with Crippen LogP contribution in [0.1, 0.15) is 59.2 Å². The molecule has 3 heterocycles. The number of tetrazole rings is 1. The summed E-state index contributed by atoms with van der Waals surface area (Å²) < 4.78 is 7.80. The molecule has 0 saturated carbocycles. The Kier molecular flexibility index (Phi) is 7.95. The summed E-state index contributed by atoms with van der Waals surface area (Å²) in [4.78, 5) is 18.0. The van der Waals surface area contributed by atoms with Gasteiger partial charge in [0.25, 0.3) is 0 Å². The Hall–Kier alpha value is -3.90. The Bertz CT molecular complexity index is 1310. The first kappa shape index (κ1) is 24.2.